The number of aromatic nitrogens is 2. The molecule has 1 aromatic carbocycles. The van der Waals surface area contributed by atoms with Gasteiger partial charge in [-0.1, -0.05) is 5.16 Å². The summed E-state index contributed by atoms with van der Waals surface area (Å²) in [5.74, 6) is 0.965. The van der Waals surface area contributed by atoms with Gasteiger partial charge in [-0.05, 0) is 38.1 Å². The fourth-order valence-corrected chi connectivity index (χ4v) is 2.67. The molecule has 1 aliphatic heterocycles. The number of ether oxygens (including phenoxy) is 1. The summed E-state index contributed by atoms with van der Waals surface area (Å²) in [6, 6.07) is 7.45. The van der Waals surface area contributed by atoms with E-state index in [4.69, 9.17) is 9.26 Å². The third-order valence-corrected chi connectivity index (χ3v) is 4.15. The van der Waals surface area contributed by atoms with Crippen LogP contribution in [0.5, 0.6) is 0 Å². The van der Waals surface area contributed by atoms with E-state index in [-0.39, 0.29) is 5.91 Å². The lowest BCUT2D eigenvalue weighted by atomic mass is 10.1. The van der Waals surface area contributed by atoms with Gasteiger partial charge >= 0.3 is 0 Å². The van der Waals surface area contributed by atoms with Crippen molar-refractivity contribution in [3.8, 4) is 11.5 Å². The number of nitrogens with zero attached hydrogens (tertiary/aromatic N) is 3. The number of benzene rings is 1. The maximum absolute atomic E-state index is 12.3. The molecule has 1 atom stereocenters. The number of amides is 1. The number of hydrogen-bond acceptors (Lipinski definition) is 6. The van der Waals surface area contributed by atoms with Gasteiger partial charge in [-0.15, -0.1) is 0 Å². The Hall–Kier alpha value is -2.25. The normalized spacial score (nSPS) is 16.8. The number of rotatable bonds is 5. The van der Waals surface area contributed by atoms with E-state index in [1.54, 1.807) is 19.1 Å². The molecule has 7 heteroatoms. The van der Waals surface area contributed by atoms with Crippen molar-refractivity contribution in [1.82, 2.24) is 20.4 Å². The predicted molar refractivity (Wildman–Crippen MR) is 88.7 cm³/mol. The Morgan fingerprint density at radius 1 is 1.29 bits per heavy atom. The van der Waals surface area contributed by atoms with Crippen molar-refractivity contribution in [3.05, 3.63) is 35.7 Å². The maximum atomic E-state index is 12.3. The molecule has 1 amide bonds. The Labute approximate surface area is 141 Å². The number of aryl methyl sites for hydroxylation is 1. The molecular weight excluding hydrogens is 308 g/mol. The number of hydrogen-bond donors (Lipinski definition) is 1. The highest BCUT2D eigenvalue weighted by Crippen LogP contribution is 2.17. The van der Waals surface area contributed by atoms with E-state index < -0.39 is 0 Å². The van der Waals surface area contributed by atoms with Crippen LogP contribution in [0, 0.1) is 6.92 Å². The molecule has 0 bridgehead atoms. The van der Waals surface area contributed by atoms with Gasteiger partial charge in [-0.25, -0.2) is 0 Å². The summed E-state index contributed by atoms with van der Waals surface area (Å²) in [4.78, 5) is 18.8. The van der Waals surface area contributed by atoms with E-state index in [0.29, 0.717) is 29.9 Å². The van der Waals surface area contributed by atoms with Crippen LogP contribution in [0.15, 0.2) is 28.8 Å². The molecule has 128 valence electrons. The van der Waals surface area contributed by atoms with Crippen molar-refractivity contribution in [1.29, 1.82) is 0 Å². The summed E-state index contributed by atoms with van der Waals surface area (Å²) in [7, 11) is 0. The first-order valence-electron chi connectivity index (χ1n) is 8.14. The number of carbonyl (C=O) groups is 1. The highest BCUT2D eigenvalue weighted by Gasteiger charge is 2.18. The Morgan fingerprint density at radius 3 is 2.62 bits per heavy atom. The zero-order valence-corrected chi connectivity index (χ0v) is 14.0. The zero-order chi connectivity index (χ0) is 16.9. The topological polar surface area (TPSA) is 80.5 Å². The van der Waals surface area contributed by atoms with Gasteiger partial charge in [-0.3, -0.25) is 9.69 Å². The lowest BCUT2D eigenvalue weighted by Crippen LogP contribution is -2.47. The number of morpholine rings is 1. The van der Waals surface area contributed by atoms with Crippen LogP contribution in [-0.2, 0) is 4.74 Å². The van der Waals surface area contributed by atoms with E-state index in [1.807, 2.05) is 12.1 Å². The van der Waals surface area contributed by atoms with Gasteiger partial charge in [0.15, 0.2) is 5.82 Å². The summed E-state index contributed by atoms with van der Waals surface area (Å²) < 4.78 is 10.5. The van der Waals surface area contributed by atoms with Crippen molar-refractivity contribution in [3.63, 3.8) is 0 Å². The molecule has 3 rings (SSSR count). The second kappa shape index (κ2) is 7.55. The maximum Gasteiger partial charge on any atom is 0.257 e. The molecule has 1 fully saturated rings. The van der Waals surface area contributed by atoms with Crippen LogP contribution in [0.25, 0.3) is 11.5 Å². The van der Waals surface area contributed by atoms with Crippen LogP contribution in [0.2, 0.25) is 0 Å². The summed E-state index contributed by atoms with van der Waals surface area (Å²) in [5.41, 5.74) is 1.41. The average molecular weight is 330 g/mol. The zero-order valence-electron chi connectivity index (χ0n) is 14.0. The molecule has 1 aliphatic rings. The predicted octanol–water partition coefficient (Wildman–Crippen LogP) is 1.50. The molecule has 0 spiro atoms. The molecule has 0 unspecified atom stereocenters. The van der Waals surface area contributed by atoms with Gasteiger partial charge < -0.3 is 14.6 Å². The number of carbonyl (C=O) groups excluding carboxylic acids is 1. The first-order chi connectivity index (χ1) is 11.6. The molecule has 2 aromatic rings. The molecule has 0 aliphatic carbocycles. The molecule has 1 aromatic heterocycles. The highest BCUT2D eigenvalue weighted by molar-refractivity contribution is 5.94. The lowest BCUT2D eigenvalue weighted by Gasteiger charge is -2.32. The summed E-state index contributed by atoms with van der Waals surface area (Å²) in [5, 5.41) is 6.75. The Balaban J connectivity index is 1.55. The first-order valence-corrected chi connectivity index (χ1v) is 8.14. The monoisotopic (exact) mass is 330 g/mol. The lowest BCUT2D eigenvalue weighted by molar-refractivity contribution is 0.0204. The van der Waals surface area contributed by atoms with E-state index >= 15 is 0 Å². The van der Waals surface area contributed by atoms with Crippen LogP contribution in [0.4, 0.5) is 0 Å². The van der Waals surface area contributed by atoms with Crippen molar-refractivity contribution >= 4 is 5.91 Å². The standard InChI is InChI=1S/C17H22N4O3/c1-12(21-7-9-23-10-8-21)11-18-16(22)14-3-5-15(6-4-14)17-19-13(2)20-24-17/h3-6,12H,7-11H2,1-2H3,(H,18,22)/t12-/m1/s1. The first kappa shape index (κ1) is 16.6. The average Bonchev–Trinajstić information content (AvgIpc) is 3.06. The second-order valence-electron chi connectivity index (χ2n) is 5.93. The fraction of sp³-hybridized carbons (Fsp3) is 0.471. The molecule has 2 heterocycles. The SMILES string of the molecule is Cc1noc(-c2ccc(C(=O)NC[C@@H](C)N3CCOCC3)cc2)n1. The molecule has 24 heavy (non-hydrogen) atoms. The molecule has 0 radical (unpaired) electrons. The van der Waals surface area contributed by atoms with Crippen molar-refractivity contribution in [2.45, 2.75) is 19.9 Å². The Bertz CT molecular complexity index is 677. The van der Waals surface area contributed by atoms with E-state index in [9.17, 15) is 4.79 Å². The van der Waals surface area contributed by atoms with Crippen LogP contribution in [-0.4, -0.2) is 59.8 Å². The molecule has 7 nitrogen and oxygen atoms in total. The van der Waals surface area contributed by atoms with Crippen LogP contribution >= 0.6 is 0 Å². The minimum absolute atomic E-state index is 0.0802. The smallest absolute Gasteiger partial charge is 0.257 e. The van der Waals surface area contributed by atoms with E-state index in [2.05, 4.69) is 27.3 Å². The number of nitrogens with one attached hydrogen (secondary N) is 1. The Morgan fingerprint density at radius 2 is 2.00 bits per heavy atom. The molecule has 1 N–H and O–H groups in total. The van der Waals surface area contributed by atoms with Gasteiger partial charge in [0.1, 0.15) is 0 Å². The quantitative estimate of drug-likeness (QED) is 0.895. The van der Waals surface area contributed by atoms with Crippen LogP contribution in [0.1, 0.15) is 23.1 Å². The van der Waals surface area contributed by atoms with Gasteiger partial charge in [0.2, 0.25) is 0 Å². The summed E-state index contributed by atoms with van der Waals surface area (Å²) >= 11 is 0. The van der Waals surface area contributed by atoms with E-state index in [1.165, 1.54) is 0 Å². The summed E-state index contributed by atoms with van der Waals surface area (Å²) in [6.45, 7) is 7.84. The van der Waals surface area contributed by atoms with Crippen LogP contribution in [0.3, 0.4) is 0 Å². The minimum atomic E-state index is -0.0802. The van der Waals surface area contributed by atoms with Gasteiger partial charge in [-0.2, -0.15) is 4.98 Å². The highest BCUT2D eigenvalue weighted by atomic mass is 16.5. The van der Waals surface area contributed by atoms with Crippen molar-refractivity contribution in [2.24, 2.45) is 0 Å². The second-order valence-corrected chi connectivity index (χ2v) is 5.93. The van der Waals surface area contributed by atoms with Gasteiger partial charge in [0, 0.05) is 36.8 Å². The molecule has 1 saturated heterocycles. The molecule has 0 saturated carbocycles. The van der Waals surface area contributed by atoms with Gasteiger partial charge in [0.05, 0.1) is 13.2 Å². The van der Waals surface area contributed by atoms with Crippen LogP contribution < -0.4 is 5.32 Å². The van der Waals surface area contributed by atoms with Gasteiger partial charge in [0.25, 0.3) is 11.8 Å². The third kappa shape index (κ3) is 3.98. The fourth-order valence-electron chi connectivity index (χ4n) is 2.67. The molecular formula is C17H22N4O3. The minimum Gasteiger partial charge on any atom is -0.379 e. The third-order valence-electron chi connectivity index (χ3n) is 4.15. The van der Waals surface area contributed by atoms with E-state index in [0.717, 1.165) is 31.9 Å². The van der Waals surface area contributed by atoms with Crippen molar-refractivity contribution in [2.75, 3.05) is 32.8 Å². The Kier molecular flexibility index (Phi) is 5.22. The van der Waals surface area contributed by atoms with Crippen molar-refractivity contribution < 1.29 is 14.1 Å². The largest absolute Gasteiger partial charge is 0.379 e. The summed E-state index contributed by atoms with van der Waals surface area (Å²) in [6.07, 6.45) is 0.